The number of nitrogens with one attached hydrogen (secondary N) is 1. The standard InChI is InChI=1S/C13H19N/c1-3-5-6-12-11(4-2)9-14-10-13(12)7-8-13/h3-6,14H,7-10H2,1-2H3/b5-3-,11-4-,12-6+. The quantitative estimate of drug-likeness (QED) is 0.669. The maximum atomic E-state index is 3.51. The van der Waals surface area contributed by atoms with E-state index in [2.05, 4.69) is 43.5 Å². The molecule has 14 heavy (non-hydrogen) atoms. The monoisotopic (exact) mass is 189 g/mol. The zero-order valence-electron chi connectivity index (χ0n) is 9.14. The van der Waals surface area contributed by atoms with E-state index in [-0.39, 0.29) is 0 Å². The van der Waals surface area contributed by atoms with E-state index in [1.807, 2.05) is 0 Å². The number of hydrogen-bond donors (Lipinski definition) is 1. The Kier molecular flexibility index (Phi) is 2.60. The van der Waals surface area contributed by atoms with Gasteiger partial charge in [-0.1, -0.05) is 24.3 Å². The topological polar surface area (TPSA) is 12.0 Å². The van der Waals surface area contributed by atoms with Gasteiger partial charge in [-0.3, -0.25) is 0 Å². The van der Waals surface area contributed by atoms with Crippen LogP contribution >= 0.6 is 0 Å². The first-order chi connectivity index (χ1) is 6.82. The van der Waals surface area contributed by atoms with Crippen LogP contribution in [0.25, 0.3) is 0 Å². The van der Waals surface area contributed by atoms with Gasteiger partial charge in [0.2, 0.25) is 0 Å². The van der Waals surface area contributed by atoms with Gasteiger partial charge in [-0.25, -0.2) is 0 Å². The fourth-order valence-electron chi connectivity index (χ4n) is 2.30. The highest BCUT2D eigenvalue weighted by atomic mass is 14.9. The summed E-state index contributed by atoms with van der Waals surface area (Å²) in [6, 6.07) is 0. The molecule has 1 N–H and O–H groups in total. The molecule has 1 saturated carbocycles. The second-order valence-electron chi connectivity index (χ2n) is 4.30. The Bertz CT molecular complexity index is 303. The molecule has 0 radical (unpaired) electrons. The number of allylic oxidation sites excluding steroid dienone is 4. The van der Waals surface area contributed by atoms with E-state index in [9.17, 15) is 0 Å². The second kappa shape index (κ2) is 3.74. The summed E-state index contributed by atoms with van der Waals surface area (Å²) in [5.74, 6) is 0. The molecule has 0 aromatic rings. The summed E-state index contributed by atoms with van der Waals surface area (Å²) in [5.41, 5.74) is 3.57. The first-order valence-electron chi connectivity index (χ1n) is 5.52. The Hall–Kier alpha value is -0.820. The molecule has 2 aliphatic rings. The number of piperidine rings is 1. The summed E-state index contributed by atoms with van der Waals surface area (Å²) in [5, 5.41) is 3.51. The molecule has 0 unspecified atom stereocenters. The van der Waals surface area contributed by atoms with Gasteiger partial charge in [-0.05, 0) is 37.8 Å². The van der Waals surface area contributed by atoms with Gasteiger partial charge >= 0.3 is 0 Å². The third-order valence-corrected chi connectivity index (χ3v) is 3.35. The first-order valence-corrected chi connectivity index (χ1v) is 5.52. The highest BCUT2D eigenvalue weighted by Crippen LogP contribution is 2.55. The van der Waals surface area contributed by atoms with Gasteiger partial charge in [0, 0.05) is 18.5 Å². The lowest BCUT2D eigenvalue weighted by molar-refractivity contribution is 0.505. The van der Waals surface area contributed by atoms with E-state index in [4.69, 9.17) is 0 Å². The lowest BCUT2D eigenvalue weighted by Crippen LogP contribution is -2.34. The van der Waals surface area contributed by atoms with Crippen molar-refractivity contribution < 1.29 is 0 Å². The predicted octanol–water partition coefficient (Wildman–Crippen LogP) is 2.82. The summed E-state index contributed by atoms with van der Waals surface area (Å²) >= 11 is 0. The van der Waals surface area contributed by atoms with E-state index < -0.39 is 0 Å². The van der Waals surface area contributed by atoms with Crippen LogP contribution < -0.4 is 5.32 Å². The van der Waals surface area contributed by atoms with Crippen LogP contribution in [0.15, 0.2) is 35.5 Å². The van der Waals surface area contributed by atoms with Crippen LogP contribution in [0.5, 0.6) is 0 Å². The average molecular weight is 189 g/mol. The summed E-state index contributed by atoms with van der Waals surface area (Å²) in [6.45, 7) is 6.43. The van der Waals surface area contributed by atoms with Crippen LogP contribution in [0, 0.1) is 5.41 Å². The van der Waals surface area contributed by atoms with Gasteiger partial charge in [0.05, 0.1) is 0 Å². The normalized spacial score (nSPS) is 30.7. The van der Waals surface area contributed by atoms with Crippen molar-refractivity contribution in [2.75, 3.05) is 13.1 Å². The Balaban J connectivity index is 2.29. The Morgan fingerprint density at radius 2 is 2.07 bits per heavy atom. The van der Waals surface area contributed by atoms with Crippen molar-refractivity contribution in [1.29, 1.82) is 0 Å². The summed E-state index contributed by atoms with van der Waals surface area (Å²) in [4.78, 5) is 0. The number of hydrogen-bond acceptors (Lipinski definition) is 1. The molecule has 1 aliphatic heterocycles. The fraction of sp³-hybridized carbons (Fsp3) is 0.538. The van der Waals surface area contributed by atoms with Crippen LogP contribution in [0.1, 0.15) is 26.7 Å². The van der Waals surface area contributed by atoms with Crippen LogP contribution in [0.4, 0.5) is 0 Å². The van der Waals surface area contributed by atoms with E-state index in [0.29, 0.717) is 5.41 Å². The van der Waals surface area contributed by atoms with Gasteiger partial charge in [0.1, 0.15) is 0 Å². The highest BCUT2D eigenvalue weighted by Gasteiger charge is 2.47. The van der Waals surface area contributed by atoms with Gasteiger partial charge in [-0.15, -0.1) is 0 Å². The van der Waals surface area contributed by atoms with E-state index in [1.165, 1.54) is 25.0 Å². The van der Waals surface area contributed by atoms with Crippen LogP contribution in [0.3, 0.4) is 0 Å². The second-order valence-corrected chi connectivity index (χ2v) is 4.30. The van der Waals surface area contributed by atoms with Gasteiger partial charge in [0.25, 0.3) is 0 Å². The minimum Gasteiger partial charge on any atom is -0.312 e. The molecule has 1 nitrogen and oxygen atoms in total. The molecule has 1 spiro atoms. The lowest BCUT2D eigenvalue weighted by atomic mass is 9.85. The summed E-state index contributed by atoms with van der Waals surface area (Å²) < 4.78 is 0. The highest BCUT2D eigenvalue weighted by molar-refractivity contribution is 5.45. The first kappa shape index (κ1) is 9.72. The predicted molar refractivity (Wildman–Crippen MR) is 61.2 cm³/mol. The Labute approximate surface area is 86.6 Å². The number of rotatable bonds is 1. The van der Waals surface area contributed by atoms with Crippen molar-refractivity contribution in [3.05, 3.63) is 35.5 Å². The van der Waals surface area contributed by atoms with Crippen molar-refractivity contribution in [1.82, 2.24) is 5.32 Å². The van der Waals surface area contributed by atoms with Crippen LogP contribution in [-0.2, 0) is 0 Å². The van der Waals surface area contributed by atoms with Crippen LogP contribution in [0.2, 0.25) is 0 Å². The van der Waals surface area contributed by atoms with Gasteiger partial charge < -0.3 is 5.32 Å². The molecule has 2 rings (SSSR count). The minimum absolute atomic E-state index is 0.500. The lowest BCUT2D eigenvalue weighted by Gasteiger charge is -2.28. The summed E-state index contributed by atoms with van der Waals surface area (Å²) in [7, 11) is 0. The molecule has 0 atom stereocenters. The van der Waals surface area contributed by atoms with Gasteiger partial charge in [-0.2, -0.15) is 0 Å². The molecule has 0 aromatic heterocycles. The third kappa shape index (κ3) is 1.57. The van der Waals surface area contributed by atoms with Crippen molar-refractivity contribution >= 4 is 0 Å². The van der Waals surface area contributed by atoms with Crippen molar-refractivity contribution in [3.8, 4) is 0 Å². The molecule has 0 amide bonds. The Morgan fingerprint density at radius 1 is 1.29 bits per heavy atom. The Morgan fingerprint density at radius 3 is 2.64 bits per heavy atom. The van der Waals surface area contributed by atoms with Crippen molar-refractivity contribution in [2.45, 2.75) is 26.7 Å². The molecule has 0 bridgehead atoms. The van der Waals surface area contributed by atoms with Crippen LogP contribution in [-0.4, -0.2) is 13.1 Å². The zero-order chi connectivity index (χ0) is 10.0. The molecular formula is C13H19N. The SMILES string of the molecule is C\C=C/C=C1\C(=C/C)CNCC12CC2. The van der Waals surface area contributed by atoms with E-state index in [1.54, 1.807) is 5.57 Å². The van der Waals surface area contributed by atoms with Crippen molar-refractivity contribution in [2.24, 2.45) is 5.41 Å². The maximum absolute atomic E-state index is 3.51. The van der Waals surface area contributed by atoms with E-state index in [0.717, 1.165) is 6.54 Å². The molecule has 1 heteroatoms. The molecule has 1 heterocycles. The third-order valence-electron chi connectivity index (χ3n) is 3.35. The molecular weight excluding hydrogens is 170 g/mol. The molecule has 2 fully saturated rings. The van der Waals surface area contributed by atoms with Crippen molar-refractivity contribution in [3.63, 3.8) is 0 Å². The maximum Gasteiger partial charge on any atom is 0.0205 e. The largest absolute Gasteiger partial charge is 0.312 e. The molecule has 1 saturated heterocycles. The average Bonchev–Trinajstić information content (AvgIpc) is 2.96. The summed E-state index contributed by atoms with van der Waals surface area (Å²) in [6.07, 6.45) is 11.6. The minimum atomic E-state index is 0.500. The zero-order valence-corrected chi connectivity index (χ0v) is 9.14. The van der Waals surface area contributed by atoms with E-state index >= 15 is 0 Å². The smallest absolute Gasteiger partial charge is 0.0205 e. The fourth-order valence-corrected chi connectivity index (χ4v) is 2.30. The molecule has 1 aliphatic carbocycles. The van der Waals surface area contributed by atoms with Gasteiger partial charge in [0.15, 0.2) is 0 Å². The molecule has 0 aromatic carbocycles. The molecule has 76 valence electrons.